The molecule has 30 heavy (non-hydrogen) atoms. The van der Waals surface area contributed by atoms with Crippen molar-refractivity contribution in [2.24, 2.45) is 4.40 Å². The van der Waals surface area contributed by atoms with Gasteiger partial charge in [-0.3, -0.25) is 4.79 Å². The minimum Gasteiger partial charge on any atom is -0.497 e. The minimum atomic E-state index is -3.75. The normalized spacial score (nSPS) is 15.0. The van der Waals surface area contributed by atoms with Crippen LogP contribution in [0.25, 0.3) is 0 Å². The Morgan fingerprint density at radius 3 is 2.47 bits per heavy atom. The molecule has 0 unspecified atom stereocenters. The van der Waals surface area contributed by atoms with Crippen molar-refractivity contribution in [1.82, 2.24) is 4.90 Å². The summed E-state index contributed by atoms with van der Waals surface area (Å²) in [7, 11) is -0.512. The van der Waals surface area contributed by atoms with E-state index in [1.54, 1.807) is 61.5 Å². The molecule has 0 fully saturated rings. The molecule has 1 aliphatic heterocycles. The Morgan fingerprint density at radius 1 is 1.13 bits per heavy atom. The first kappa shape index (κ1) is 21.9. The fraction of sp³-hybridized carbons (Fsp3) is 0.300. The molecule has 0 spiro atoms. The van der Waals surface area contributed by atoms with Crippen molar-refractivity contribution in [3.8, 4) is 11.5 Å². The van der Waals surface area contributed by atoms with Gasteiger partial charge in [0.15, 0.2) is 11.9 Å². The molecular weight excluding hydrogens is 432 g/mol. The van der Waals surface area contributed by atoms with Gasteiger partial charge < -0.3 is 19.1 Å². The van der Waals surface area contributed by atoms with Crippen LogP contribution in [0.3, 0.4) is 0 Å². The van der Waals surface area contributed by atoms with Crippen LogP contribution in [0.4, 0.5) is 0 Å². The first-order valence-corrected chi connectivity index (χ1v) is 11.0. The van der Waals surface area contributed by atoms with Gasteiger partial charge in [0.05, 0.1) is 13.7 Å². The Balaban J connectivity index is 1.73. The molecule has 1 aliphatic rings. The molecule has 0 N–H and O–H groups in total. The number of benzene rings is 2. The van der Waals surface area contributed by atoms with Gasteiger partial charge in [0.25, 0.3) is 10.0 Å². The van der Waals surface area contributed by atoms with Crippen LogP contribution in [-0.4, -0.2) is 64.4 Å². The Morgan fingerprint density at radius 2 is 1.80 bits per heavy atom. The number of sulfonamides is 1. The maximum absolute atomic E-state index is 12.3. The van der Waals surface area contributed by atoms with E-state index in [1.165, 1.54) is 6.07 Å². The van der Waals surface area contributed by atoms with Gasteiger partial charge in [-0.25, -0.2) is 0 Å². The maximum atomic E-state index is 12.3. The average molecular weight is 453 g/mol. The lowest BCUT2D eigenvalue weighted by molar-refractivity contribution is -0.147. The highest BCUT2D eigenvalue weighted by atomic mass is 35.5. The van der Waals surface area contributed by atoms with Crippen LogP contribution in [0.5, 0.6) is 11.5 Å². The van der Waals surface area contributed by atoms with Crippen LogP contribution in [0.2, 0.25) is 0 Å². The van der Waals surface area contributed by atoms with Crippen LogP contribution in [-0.2, 0) is 19.6 Å². The van der Waals surface area contributed by atoms with Gasteiger partial charge in [-0.05, 0) is 36.4 Å². The van der Waals surface area contributed by atoms with Gasteiger partial charge in [0.1, 0.15) is 28.9 Å². The largest absolute Gasteiger partial charge is 0.497 e. The third-order valence-electron chi connectivity index (χ3n) is 4.35. The summed E-state index contributed by atoms with van der Waals surface area (Å²) in [6, 6.07) is 13.5. The van der Waals surface area contributed by atoms with E-state index < -0.39 is 22.1 Å². The van der Waals surface area contributed by atoms with E-state index in [1.807, 2.05) is 0 Å². The number of hydrogen-bond donors (Lipinski definition) is 0. The van der Waals surface area contributed by atoms with E-state index >= 15 is 0 Å². The lowest BCUT2D eigenvalue weighted by Gasteiger charge is -2.25. The van der Waals surface area contributed by atoms with Crippen molar-refractivity contribution in [2.75, 3.05) is 33.2 Å². The van der Waals surface area contributed by atoms with E-state index in [2.05, 4.69) is 4.40 Å². The highest BCUT2D eigenvalue weighted by molar-refractivity contribution is 7.90. The quantitative estimate of drug-likeness (QED) is 0.448. The number of methoxy groups -OCH3 is 1. The predicted octanol–water partition coefficient (Wildman–Crippen LogP) is 2.31. The number of carbonyl (C=O) groups excluding carboxylic acids is 1. The molecule has 2 aromatic carbocycles. The SMILES string of the molecule is COc1ccc(OC[C@@H](CN(C)C2=NS(=O)(=O)c3ccccc32)OC(=O)CCl)cc1. The summed E-state index contributed by atoms with van der Waals surface area (Å²) in [6.07, 6.45) is -0.707. The number of ether oxygens (including phenoxy) is 3. The monoisotopic (exact) mass is 452 g/mol. The maximum Gasteiger partial charge on any atom is 0.321 e. The summed E-state index contributed by atoms with van der Waals surface area (Å²) >= 11 is 5.57. The zero-order valence-corrected chi connectivity index (χ0v) is 18.0. The Labute approximate surface area is 180 Å². The van der Waals surface area contributed by atoms with E-state index in [-0.39, 0.29) is 29.8 Å². The van der Waals surface area contributed by atoms with E-state index in [9.17, 15) is 13.2 Å². The molecule has 0 radical (unpaired) electrons. The molecule has 8 nitrogen and oxygen atoms in total. The van der Waals surface area contributed by atoms with Crippen LogP contribution in [0, 0.1) is 0 Å². The molecule has 3 rings (SSSR count). The summed E-state index contributed by atoms with van der Waals surface area (Å²) in [4.78, 5) is 13.5. The van der Waals surface area contributed by atoms with Gasteiger partial charge >= 0.3 is 5.97 Å². The second-order valence-corrected chi connectivity index (χ2v) is 8.34. The van der Waals surface area contributed by atoms with Crippen molar-refractivity contribution in [3.05, 3.63) is 54.1 Å². The molecule has 0 bridgehead atoms. The molecule has 0 aliphatic carbocycles. The highest BCUT2D eigenvalue weighted by Gasteiger charge is 2.31. The molecule has 0 saturated heterocycles. The second kappa shape index (κ2) is 9.36. The van der Waals surface area contributed by atoms with Crippen molar-refractivity contribution in [1.29, 1.82) is 0 Å². The first-order chi connectivity index (χ1) is 14.3. The van der Waals surface area contributed by atoms with Crippen LogP contribution in [0.1, 0.15) is 5.56 Å². The Bertz CT molecular complexity index is 1040. The second-order valence-electron chi connectivity index (χ2n) is 6.50. The molecule has 1 atom stereocenters. The molecule has 10 heteroatoms. The fourth-order valence-electron chi connectivity index (χ4n) is 2.96. The van der Waals surface area contributed by atoms with Crippen molar-refractivity contribution >= 4 is 33.4 Å². The first-order valence-electron chi connectivity index (χ1n) is 9.02. The number of halogens is 1. The van der Waals surface area contributed by atoms with E-state index in [0.717, 1.165) is 0 Å². The highest BCUT2D eigenvalue weighted by Crippen LogP contribution is 2.27. The molecular formula is C20H21ClN2O6S. The number of carbonyl (C=O) groups is 1. The number of rotatable bonds is 8. The third kappa shape index (κ3) is 5.03. The molecule has 0 amide bonds. The fourth-order valence-corrected chi connectivity index (χ4v) is 4.27. The van der Waals surface area contributed by atoms with Crippen LogP contribution in [0.15, 0.2) is 57.8 Å². The Hall–Kier alpha value is -2.78. The van der Waals surface area contributed by atoms with Gasteiger partial charge in [-0.2, -0.15) is 8.42 Å². The van der Waals surface area contributed by atoms with E-state index in [0.29, 0.717) is 17.1 Å². The van der Waals surface area contributed by atoms with Gasteiger partial charge in [0, 0.05) is 12.6 Å². The Kier molecular flexibility index (Phi) is 6.84. The summed E-state index contributed by atoms with van der Waals surface area (Å²) in [5, 5.41) is 0. The lowest BCUT2D eigenvalue weighted by Crippen LogP contribution is -2.39. The molecule has 1 heterocycles. The zero-order chi connectivity index (χ0) is 21.7. The number of likely N-dealkylation sites (N-methyl/N-ethyl adjacent to an activating group) is 1. The molecule has 160 valence electrons. The molecule has 2 aromatic rings. The third-order valence-corrected chi connectivity index (χ3v) is 5.90. The summed E-state index contributed by atoms with van der Waals surface area (Å²) in [5.41, 5.74) is 0.499. The van der Waals surface area contributed by atoms with Crippen LogP contribution >= 0.6 is 11.6 Å². The number of fused-ring (bicyclic) bond motifs is 1. The number of amidine groups is 1. The van der Waals surface area contributed by atoms with Crippen LogP contribution < -0.4 is 9.47 Å². The summed E-state index contributed by atoms with van der Waals surface area (Å²) in [6.45, 7) is 0.197. The van der Waals surface area contributed by atoms with Crippen molar-refractivity contribution in [3.63, 3.8) is 0 Å². The van der Waals surface area contributed by atoms with Crippen molar-refractivity contribution in [2.45, 2.75) is 11.0 Å². The minimum absolute atomic E-state index is 0.0426. The average Bonchev–Trinajstić information content (AvgIpc) is 3.03. The standard InChI is InChI=1S/C20H21ClN2O6S/c1-23(20-17-5-3-4-6-18(17)30(25,26)22-20)12-16(29-19(24)11-21)13-28-15-9-7-14(27-2)8-10-15/h3-10,16H,11-13H2,1-2H3/t16-/m1/s1. The number of alkyl halides is 1. The van der Waals surface area contributed by atoms with Crippen molar-refractivity contribution < 1.29 is 27.4 Å². The van der Waals surface area contributed by atoms with Gasteiger partial charge in [-0.15, -0.1) is 16.0 Å². The van der Waals surface area contributed by atoms with Gasteiger partial charge in [0.2, 0.25) is 0 Å². The van der Waals surface area contributed by atoms with Gasteiger partial charge in [-0.1, -0.05) is 12.1 Å². The molecule has 0 saturated carbocycles. The number of nitrogens with zero attached hydrogens (tertiary/aromatic N) is 2. The smallest absolute Gasteiger partial charge is 0.321 e. The number of hydrogen-bond acceptors (Lipinski definition) is 7. The zero-order valence-electron chi connectivity index (χ0n) is 16.4. The molecule has 0 aromatic heterocycles. The predicted molar refractivity (Wildman–Crippen MR) is 112 cm³/mol. The lowest BCUT2D eigenvalue weighted by atomic mass is 10.2. The number of esters is 1. The summed E-state index contributed by atoms with van der Waals surface area (Å²) < 4.78 is 44.7. The summed E-state index contributed by atoms with van der Waals surface area (Å²) in [5.74, 6) is 0.626. The topological polar surface area (TPSA) is 94.5 Å². The van der Waals surface area contributed by atoms with E-state index in [4.69, 9.17) is 25.8 Å².